The van der Waals surface area contributed by atoms with Gasteiger partial charge >= 0.3 is 0 Å². The van der Waals surface area contributed by atoms with Crippen LogP contribution < -0.4 is 5.32 Å². The molecular formula is C16H11ClFN3O3. The van der Waals surface area contributed by atoms with E-state index in [1.807, 2.05) is 6.07 Å². The molecule has 0 heterocycles. The van der Waals surface area contributed by atoms with E-state index in [1.54, 1.807) is 24.3 Å². The van der Waals surface area contributed by atoms with Crippen molar-refractivity contribution in [3.05, 3.63) is 74.5 Å². The Balaban J connectivity index is 2.08. The van der Waals surface area contributed by atoms with E-state index in [1.165, 1.54) is 6.07 Å². The molecule has 1 atom stereocenters. The lowest BCUT2D eigenvalue weighted by Crippen LogP contribution is -2.29. The van der Waals surface area contributed by atoms with E-state index in [9.17, 15) is 19.3 Å². The molecule has 1 amide bonds. The first-order valence-electron chi connectivity index (χ1n) is 6.78. The Morgan fingerprint density at radius 1 is 1.33 bits per heavy atom. The summed E-state index contributed by atoms with van der Waals surface area (Å²) in [7, 11) is 0. The highest BCUT2D eigenvalue weighted by Gasteiger charge is 2.17. The van der Waals surface area contributed by atoms with Gasteiger partial charge in [0, 0.05) is 11.1 Å². The van der Waals surface area contributed by atoms with Crippen LogP contribution in [0.2, 0.25) is 5.02 Å². The van der Waals surface area contributed by atoms with E-state index in [4.69, 9.17) is 16.9 Å². The number of nitrogens with zero attached hydrogens (tertiary/aromatic N) is 2. The van der Waals surface area contributed by atoms with Crippen molar-refractivity contribution >= 4 is 23.2 Å². The standard InChI is InChI=1S/C16H11ClFN3O3/c17-12-4-1-10(2-5-12)15(9-19)20-16(22)7-11-3-6-13(21(23)24)8-14(11)18/h1-6,8,15H,7H2,(H,20,22)/t15-/m1/s1. The second-order valence-corrected chi connectivity index (χ2v) is 5.33. The van der Waals surface area contributed by atoms with Crippen molar-refractivity contribution < 1.29 is 14.1 Å². The highest BCUT2D eigenvalue weighted by atomic mass is 35.5. The fourth-order valence-electron chi connectivity index (χ4n) is 2.02. The molecule has 1 N–H and O–H groups in total. The Morgan fingerprint density at radius 2 is 2.00 bits per heavy atom. The van der Waals surface area contributed by atoms with Crippen LogP contribution in [0.15, 0.2) is 42.5 Å². The average molecular weight is 348 g/mol. The molecule has 0 saturated heterocycles. The van der Waals surface area contributed by atoms with Crippen LogP contribution in [0, 0.1) is 27.3 Å². The molecule has 0 saturated carbocycles. The Kier molecular flexibility index (Phi) is 5.45. The lowest BCUT2D eigenvalue weighted by molar-refractivity contribution is -0.385. The summed E-state index contributed by atoms with van der Waals surface area (Å²) in [6, 6.07) is 10.5. The van der Waals surface area contributed by atoms with Gasteiger partial charge in [0.2, 0.25) is 5.91 Å². The van der Waals surface area contributed by atoms with Gasteiger partial charge in [0.15, 0.2) is 0 Å². The molecule has 2 aromatic rings. The third kappa shape index (κ3) is 4.27. The summed E-state index contributed by atoms with van der Waals surface area (Å²) in [6.45, 7) is 0. The predicted molar refractivity (Wildman–Crippen MR) is 84.7 cm³/mol. The smallest absolute Gasteiger partial charge is 0.272 e. The molecule has 0 aromatic heterocycles. The number of amides is 1. The number of carbonyl (C=O) groups excluding carboxylic acids is 1. The number of rotatable bonds is 5. The maximum absolute atomic E-state index is 13.8. The molecular weight excluding hydrogens is 337 g/mol. The number of carbonyl (C=O) groups is 1. The summed E-state index contributed by atoms with van der Waals surface area (Å²) in [5.41, 5.74) is 0.151. The number of hydrogen-bond acceptors (Lipinski definition) is 4. The second kappa shape index (κ2) is 7.53. The van der Waals surface area contributed by atoms with Crippen molar-refractivity contribution in [2.45, 2.75) is 12.5 Å². The summed E-state index contributed by atoms with van der Waals surface area (Å²) in [5, 5.41) is 22.7. The number of nitriles is 1. The van der Waals surface area contributed by atoms with Crippen molar-refractivity contribution in [2.75, 3.05) is 0 Å². The van der Waals surface area contributed by atoms with Crippen LogP contribution in [0.5, 0.6) is 0 Å². The SMILES string of the molecule is N#C[C@@H](NC(=O)Cc1ccc([N+](=O)[O-])cc1F)c1ccc(Cl)cc1. The number of halogens is 2. The highest BCUT2D eigenvalue weighted by Crippen LogP contribution is 2.18. The first-order chi connectivity index (χ1) is 11.4. The van der Waals surface area contributed by atoms with Crippen molar-refractivity contribution in [1.29, 1.82) is 5.26 Å². The van der Waals surface area contributed by atoms with E-state index < -0.39 is 28.4 Å². The van der Waals surface area contributed by atoms with Gasteiger partial charge in [0.25, 0.3) is 5.69 Å². The van der Waals surface area contributed by atoms with E-state index in [0.717, 1.165) is 12.1 Å². The molecule has 0 aliphatic carbocycles. The molecule has 6 nitrogen and oxygen atoms in total. The van der Waals surface area contributed by atoms with Crippen LogP contribution in [0.1, 0.15) is 17.2 Å². The van der Waals surface area contributed by atoms with E-state index >= 15 is 0 Å². The summed E-state index contributed by atoms with van der Waals surface area (Å²) in [4.78, 5) is 21.8. The van der Waals surface area contributed by atoms with Gasteiger partial charge in [-0.05, 0) is 29.3 Å². The maximum atomic E-state index is 13.8. The summed E-state index contributed by atoms with van der Waals surface area (Å²) in [6.07, 6.45) is -0.338. The Bertz CT molecular complexity index is 818. The molecule has 122 valence electrons. The Labute approximate surface area is 141 Å². The molecule has 2 rings (SSSR count). The topological polar surface area (TPSA) is 96.0 Å². The number of benzene rings is 2. The van der Waals surface area contributed by atoms with Gasteiger partial charge in [-0.2, -0.15) is 5.26 Å². The van der Waals surface area contributed by atoms with Crippen LogP contribution in [-0.4, -0.2) is 10.8 Å². The molecule has 0 bridgehead atoms. The predicted octanol–water partition coefficient (Wildman–Crippen LogP) is 3.31. The minimum absolute atomic E-state index is 0.00546. The van der Waals surface area contributed by atoms with Gasteiger partial charge in [0.1, 0.15) is 11.9 Å². The first-order valence-corrected chi connectivity index (χ1v) is 7.15. The zero-order valence-electron chi connectivity index (χ0n) is 12.2. The van der Waals surface area contributed by atoms with Gasteiger partial charge in [0.05, 0.1) is 23.5 Å². The fourth-order valence-corrected chi connectivity index (χ4v) is 2.15. The third-order valence-corrected chi connectivity index (χ3v) is 3.49. The second-order valence-electron chi connectivity index (χ2n) is 4.89. The van der Waals surface area contributed by atoms with E-state index in [0.29, 0.717) is 10.6 Å². The molecule has 0 unspecified atom stereocenters. The van der Waals surface area contributed by atoms with Gasteiger partial charge in [-0.25, -0.2) is 4.39 Å². The Morgan fingerprint density at radius 3 is 2.54 bits per heavy atom. The van der Waals surface area contributed by atoms with Gasteiger partial charge in [-0.3, -0.25) is 14.9 Å². The molecule has 0 radical (unpaired) electrons. The molecule has 0 fully saturated rings. The molecule has 24 heavy (non-hydrogen) atoms. The van der Waals surface area contributed by atoms with Crippen LogP contribution in [-0.2, 0) is 11.2 Å². The number of hydrogen-bond donors (Lipinski definition) is 1. The third-order valence-electron chi connectivity index (χ3n) is 3.24. The van der Waals surface area contributed by atoms with Gasteiger partial charge in [-0.15, -0.1) is 0 Å². The molecule has 0 aliphatic rings. The zero-order valence-corrected chi connectivity index (χ0v) is 13.0. The normalized spacial score (nSPS) is 11.4. The van der Waals surface area contributed by atoms with Crippen molar-refractivity contribution in [2.24, 2.45) is 0 Å². The number of nitrogens with one attached hydrogen (secondary N) is 1. The van der Waals surface area contributed by atoms with E-state index in [-0.39, 0.29) is 12.0 Å². The van der Waals surface area contributed by atoms with Crippen LogP contribution in [0.3, 0.4) is 0 Å². The van der Waals surface area contributed by atoms with Crippen molar-refractivity contribution in [3.8, 4) is 6.07 Å². The quantitative estimate of drug-likeness (QED) is 0.662. The molecule has 0 spiro atoms. The highest BCUT2D eigenvalue weighted by molar-refractivity contribution is 6.30. The van der Waals surface area contributed by atoms with Crippen LogP contribution >= 0.6 is 11.6 Å². The summed E-state index contributed by atoms with van der Waals surface area (Å²) in [5.74, 6) is -1.43. The zero-order chi connectivity index (χ0) is 17.7. The van der Waals surface area contributed by atoms with Gasteiger partial charge < -0.3 is 5.32 Å². The molecule has 2 aromatic carbocycles. The van der Waals surface area contributed by atoms with Gasteiger partial charge in [-0.1, -0.05) is 23.7 Å². The van der Waals surface area contributed by atoms with Crippen molar-refractivity contribution in [1.82, 2.24) is 5.32 Å². The lowest BCUT2D eigenvalue weighted by Gasteiger charge is -2.12. The number of nitro groups is 1. The Hall–Kier alpha value is -2.98. The fraction of sp³-hybridized carbons (Fsp3) is 0.125. The van der Waals surface area contributed by atoms with Crippen molar-refractivity contribution in [3.63, 3.8) is 0 Å². The number of nitro benzene ring substituents is 1. The average Bonchev–Trinajstić information content (AvgIpc) is 2.55. The summed E-state index contributed by atoms with van der Waals surface area (Å²) < 4.78 is 13.8. The van der Waals surface area contributed by atoms with Crippen LogP contribution in [0.4, 0.5) is 10.1 Å². The minimum atomic E-state index is -0.907. The van der Waals surface area contributed by atoms with Crippen LogP contribution in [0.25, 0.3) is 0 Å². The number of non-ortho nitro benzene ring substituents is 1. The monoisotopic (exact) mass is 347 g/mol. The molecule has 0 aliphatic heterocycles. The minimum Gasteiger partial charge on any atom is -0.336 e. The maximum Gasteiger partial charge on any atom is 0.272 e. The first kappa shape index (κ1) is 17.4. The summed E-state index contributed by atoms with van der Waals surface area (Å²) >= 11 is 5.77. The van der Waals surface area contributed by atoms with E-state index in [2.05, 4.69) is 5.32 Å². The lowest BCUT2D eigenvalue weighted by atomic mass is 10.1. The largest absolute Gasteiger partial charge is 0.336 e. The molecule has 8 heteroatoms.